The first-order valence-electron chi connectivity index (χ1n) is 5.09. The zero-order chi connectivity index (χ0) is 13.2. The van der Waals surface area contributed by atoms with Crippen LogP contribution in [0.2, 0.25) is 0 Å². The van der Waals surface area contributed by atoms with Gasteiger partial charge in [-0.3, -0.25) is 14.6 Å². The largest absolute Gasteiger partial charge is 0.344 e. The summed E-state index contributed by atoms with van der Waals surface area (Å²) >= 11 is 3.33. The van der Waals surface area contributed by atoms with Gasteiger partial charge in [-0.15, -0.1) is 5.92 Å². The Morgan fingerprint density at radius 3 is 2.59 bits per heavy atom. The Bertz CT molecular complexity index is 397. The fourth-order valence-corrected chi connectivity index (χ4v) is 2.39. The summed E-state index contributed by atoms with van der Waals surface area (Å²) in [4.78, 5) is 26.2. The van der Waals surface area contributed by atoms with E-state index in [4.69, 9.17) is 4.74 Å². The van der Waals surface area contributed by atoms with Crippen molar-refractivity contribution in [3.63, 3.8) is 0 Å². The van der Waals surface area contributed by atoms with Crippen LogP contribution in [0.4, 0.5) is 4.79 Å². The number of carbonyl (C=O) groups excluding carboxylic acids is 2. The molecule has 1 rings (SSSR count). The maximum atomic E-state index is 12.0. The third-order valence-corrected chi connectivity index (χ3v) is 3.35. The summed E-state index contributed by atoms with van der Waals surface area (Å²) in [5.41, 5.74) is 0. The number of amides is 3. The molecule has 3 amide bonds. The molecule has 6 heteroatoms. The van der Waals surface area contributed by atoms with Crippen molar-refractivity contribution in [2.45, 2.75) is 24.4 Å². The lowest BCUT2D eigenvalue weighted by atomic mass is 10.1. The molecule has 0 bridgehead atoms. The number of alkyl halides is 1. The van der Waals surface area contributed by atoms with E-state index >= 15 is 0 Å². The Balaban J connectivity index is 2.94. The monoisotopic (exact) mass is 302 g/mol. The lowest BCUT2D eigenvalue weighted by molar-refractivity contribution is -0.144. The molecule has 0 aromatic carbocycles. The lowest BCUT2D eigenvalue weighted by Crippen LogP contribution is -2.66. The van der Waals surface area contributed by atoms with Gasteiger partial charge in [-0.2, -0.15) is 0 Å². The zero-order valence-electron chi connectivity index (χ0n) is 10.3. The van der Waals surface area contributed by atoms with Gasteiger partial charge in [-0.1, -0.05) is 21.9 Å². The number of hydrogen-bond donors (Lipinski definition) is 0. The highest BCUT2D eigenvalue weighted by atomic mass is 79.9. The molecule has 0 aliphatic carbocycles. The summed E-state index contributed by atoms with van der Waals surface area (Å²) < 4.78 is 4.52. The Hall–Kier alpha value is -1.06. The number of ether oxygens (including phenoxy) is 1. The summed E-state index contributed by atoms with van der Waals surface area (Å²) in [6.45, 7) is 3.56. The fraction of sp³-hybridized carbons (Fsp3) is 0.636. The molecule has 0 unspecified atom stereocenters. The predicted molar refractivity (Wildman–Crippen MR) is 66.5 cm³/mol. The molecule has 0 saturated carbocycles. The van der Waals surface area contributed by atoms with E-state index in [9.17, 15) is 9.59 Å². The fourth-order valence-electron chi connectivity index (χ4n) is 1.68. The first kappa shape index (κ1) is 14.0. The summed E-state index contributed by atoms with van der Waals surface area (Å²) in [6.07, 6.45) is -0.667. The Kier molecular flexibility index (Phi) is 4.17. The highest BCUT2D eigenvalue weighted by Crippen LogP contribution is 2.33. The van der Waals surface area contributed by atoms with Crippen molar-refractivity contribution in [1.29, 1.82) is 0 Å². The molecule has 17 heavy (non-hydrogen) atoms. The van der Waals surface area contributed by atoms with E-state index in [1.165, 1.54) is 11.9 Å². The molecule has 1 saturated heterocycles. The SMILES string of the molecule is CC#CCO[C@H]1N(C)C(=O)N(C)C(=O)[C@]1(C)Br. The van der Waals surface area contributed by atoms with E-state index in [1.54, 1.807) is 20.9 Å². The molecular weight excluding hydrogens is 288 g/mol. The highest BCUT2D eigenvalue weighted by molar-refractivity contribution is 9.10. The van der Waals surface area contributed by atoms with Gasteiger partial charge in [0.05, 0.1) is 0 Å². The van der Waals surface area contributed by atoms with E-state index in [2.05, 4.69) is 27.8 Å². The van der Waals surface area contributed by atoms with Gasteiger partial charge >= 0.3 is 6.03 Å². The van der Waals surface area contributed by atoms with E-state index < -0.39 is 10.6 Å². The van der Waals surface area contributed by atoms with Crippen molar-refractivity contribution >= 4 is 27.9 Å². The molecule has 2 atom stereocenters. The van der Waals surface area contributed by atoms with Crippen LogP contribution in [0.25, 0.3) is 0 Å². The third-order valence-electron chi connectivity index (χ3n) is 2.62. The molecule has 0 aromatic heterocycles. The Morgan fingerprint density at radius 2 is 2.06 bits per heavy atom. The number of nitrogens with zero attached hydrogens (tertiary/aromatic N) is 2. The van der Waals surface area contributed by atoms with Gasteiger partial charge < -0.3 is 4.74 Å². The Morgan fingerprint density at radius 1 is 1.47 bits per heavy atom. The second kappa shape index (κ2) is 5.07. The molecule has 1 fully saturated rings. The molecule has 1 aliphatic heterocycles. The average Bonchev–Trinajstić information content (AvgIpc) is 2.29. The molecule has 1 aliphatic rings. The maximum Gasteiger partial charge on any atom is 0.328 e. The number of imide groups is 1. The summed E-state index contributed by atoms with van der Waals surface area (Å²) in [7, 11) is 3.04. The third kappa shape index (κ3) is 2.45. The van der Waals surface area contributed by atoms with Crippen LogP contribution in [-0.2, 0) is 9.53 Å². The van der Waals surface area contributed by atoms with Gasteiger partial charge in [0.15, 0.2) is 6.23 Å². The summed E-state index contributed by atoms with van der Waals surface area (Å²) in [6, 6.07) is -0.388. The Labute approximate surface area is 109 Å². The molecule has 0 spiro atoms. The number of hydrogen-bond acceptors (Lipinski definition) is 3. The van der Waals surface area contributed by atoms with Crippen LogP contribution in [0, 0.1) is 11.8 Å². The molecule has 0 radical (unpaired) electrons. The molecule has 1 heterocycles. The summed E-state index contributed by atoms with van der Waals surface area (Å²) in [5, 5.41) is 0. The van der Waals surface area contributed by atoms with Crippen LogP contribution >= 0.6 is 15.9 Å². The van der Waals surface area contributed by atoms with Crippen LogP contribution in [0.1, 0.15) is 13.8 Å². The minimum Gasteiger partial charge on any atom is -0.344 e. The number of carbonyl (C=O) groups is 2. The first-order chi connectivity index (χ1) is 7.84. The smallest absolute Gasteiger partial charge is 0.328 e. The van der Waals surface area contributed by atoms with Crippen molar-refractivity contribution in [3.05, 3.63) is 0 Å². The van der Waals surface area contributed by atoms with E-state index in [0.717, 1.165) is 4.90 Å². The van der Waals surface area contributed by atoms with Crippen LogP contribution in [0.3, 0.4) is 0 Å². The standard InChI is InChI=1S/C11H15BrN2O3/c1-5-6-7-17-9-11(2,12)8(15)13(3)10(16)14(9)4/h9H,7H2,1-4H3/t9-,11+/m1/s1. The van der Waals surface area contributed by atoms with Gasteiger partial charge in [-0.05, 0) is 13.8 Å². The van der Waals surface area contributed by atoms with Crippen LogP contribution in [0.5, 0.6) is 0 Å². The average molecular weight is 303 g/mol. The van der Waals surface area contributed by atoms with Gasteiger partial charge in [-0.25, -0.2) is 4.79 Å². The second-order valence-corrected chi connectivity index (χ2v) is 5.57. The predicted octanol–water partition coefficient (Wildman–Crippen LogP) is 1.03. The van der Waals surface area contributed by atoms with E-state index in [0.29, 0.717) is 0 Å². The highest BCUT2D eigenvalue weighted by Gasteiger charge is 2.51. The molecular formula is C11H15BrN2O3. The van der Waals surface area contributed by atoms with Crippen LogP contribution in [0.15, 0.2) is 0 Å². The molecule has 5 nitrogen and oxygen atoms in total. The van der Waals surface area contributed by atoms with Crippen molar-refractivity contribution in [3.8, 4) is 11.8 Å². The topological polar surface area (TPSA) is 49.9 Å². The number of rotatable bonds is 2. The zero-order valence-corrected chi connectivity index (χ0v) is 11.9. The van der Waals surface area contributed by atoms with Crippen LogP contribution < -0.4 is 0 Å². The number of urea groups is 1. The van der Waals surface area contributed by atoms with Crippen molar-refractivity contribution in [1.82, 2.24) is 9.80 Å². The van der Waals surface area contributed by atoms with E-state index in [-0.39, 0.29) is 18.5 Å². The van der Waals surface area contributed by atoms with Crippen molar-refractivity contribution in [2.75, 3.05) is 20.7 Å². The lowest BCUT2D eigenvalue weighted by Gasteiger charge is -2.44. The first-order valence-corrected chi connectivity index (χ1v) is 5.88. The normalized spacial score (nSPS) is 29.1. The second-order valence-electron chi connectivity index (χ2n) is 3.92. The van der Waals surface area contributed by atoms with Crippen LogP contribution in [-0.4, -0.2) is 53.0 Å². The van der Waals surface area contributed by atoms with Gasteiger partial charge in [0, 0.05) is 14.1 Å². The van der Waals surface area contributed by atoms with Gasteiger partial charge in [0.2, 0.25) is 0 Å². The molecule has 94 valence electrons. The summed E-state index contributed by atoms with van der Waals surface area (Å²) in [5.74, 6) is 5.11. The van der Waals surface area contributed by atoms with Crippen molar-refractivity contribution in [2.24, 2.45) is 0 Å². The minimum absolute atomic E-state index is 0.178. The van der Waals surface area contributed by atoms with Crippen molar-refractivity contribution < 1.29 is 14.3 Å². The maximum absolute atomic E-state index is 12.0. The van der Waals surface area contributed by atoms with Gasteiger partial charge in [0.1, 0.15) is 10.9 Å². The molecule has 0 aromatic rings. The molecule has 0 N–H and O–H groups in total. The number of halogens is 1. The van der Waals surface area contributed by atoms with Gasteiger partial charge in [0.25, 0.3) is 5.91 Å². The van der Waals surface area contributed by atoms with E-state index in [1.807, 2.05) is 0 Å². The minimum atomic E-state index is -0.959. The quantitative estimate of drug-likeness (QED) is 0.565.